The van der Waals surface area contributed by atoms with Gasteiger partial charge in [-0.25, -0.2) is 0 Å². The zero-order chi connectivity index (χ0) is 18.9. The fourth-order valence-electron chi connectivity index (χ4n) is 3.31. The molecule has 0 bridgehead atoms. The van der Waals surface area contributed by atoms with E-state index >= 15 is 0 Å². The lowest BCUT2D eigenvalue weighted by molar-refractivity contribution is -0.131. The van der Waals surface area contributed by atoms with Gasteiger partial charge in [0.25, 0.3) is 0 Å². The summed E-state index contributed by atoms with van der Waals surface area (Å²) < 4.78 is 0. The molecule has 1 aliphatic heterocycles. The van der Waals surface area contributed by atoms with Gasteiger partial charge in [0, 0.05) is 38.4 Å². The molecule has 0 unspecified atom stereocenters. The first kappa shape index (κ1) is 20.2. The summed E-state index contributed by atoms with van der Waals surface area (Å²) in [7, 11) is 3.81. The Labute approximate surface area is 161 Å². The van der Waals surface area contributed by atoms with Crippen molar-refractivity contribution >= 4 is 23.8 Å². The van der Waals surface area contributed by atoms with Crippen molar-refractivity contribution in [3.63, 3.8) is 0 Å². The Hall–Kier alpha value is -2.07. The molecule has 0 aromatic heterocycles. The molecule has 140 valence electrons. The first-order chi connectivity index (χ1) is 12.5. The summed E-state index contributed by atoms with van der Waals surface area (Å²) in [5, 5.41) is 0.777. The Bertz CT molecular complexity index is 674. The molecule has 1 saturated heterocycles. The average Bonchev–Trinajstić information content (AvgIpc) is 2.60. The molecule has 1 heterocycles. The lowest BCUT2D eigenvalue weighted by Crippen LogP contribution is -2.39. The SMILES string of the molecule is CN(C)/C=C(\C=C/C=O)CC(=O)N1CCC(Cc2cccc(Cl)c2)CC1. The number of allylic oxidation sites excluding steroid dienone is 2. The van der Waals surface area contributed by atoms with Gasteiger partial charge in [0.2, 0.25) is 5.91 Å². The van der Waals surface area contributed by atoms with E-state index in [1.54, 1.807) is 6.08 Å². The molecule has 1 aliphatic rings. The van der Waals surface area contributed by atoms with Gasteiger partial charge in [0.05, 0.1) is 6.42 Å². The average molecular weight is 375 g/mol. The highest BCUT2D eigenvalue weighted by atomic mass is 35.5. The van der Waals surface area contributed by atoms with Gasteiger partial charge in [0.1, 0.15) is 6.29 Å². The zero-order valence-electron chi connectivity index (χ0n) is 15.5. The first-order valence-electron chi connectivity index (χ1n) is 8.99. The Balaban J connectivity index is 1.87. The summed E-state index contributed by atoms with van der Waals surface area (Å²) in [6.45, 7) is 1.58. The Morgan fingerprint density at radius 3 is 2.65 bits per heavy atom. The third kappa shape index (κ3) is 6.68. The second-order valence-electron chi connectivity index (χ2n) is 7.00. The van der Waals surface area contributed by atoms with E-state index in [1.165, 1.54) is 11.6 Å². The number of aldehydes is 1. The number of piperidine rings is 1. The standard InChI is InChI=1S/C21H27ClN2O2/c1-23(2)16-19(6-4-12-25)15-21(26)24-10-8-17(9-11-24)13-18-5-3-7-20(22)14-18/h3-7,12,14,16-17H,8-11,13,15H2,1-2H3/b6-4-,19-16+. The van der Waals surface area contributed by atoms with Crippen LogP contribution >= 0.6 is 11.6 Å². The van der Waals surface area contributed by atoms with Crippen LogP contribution in [-0.2, 0) is 16.0 Å². The highest BCUT2D eigenvalue weighted by Gasteiger charge is 2.23. The van der Waals surface area contributed by atoms with Crippen LogP contribution in [-0.4, -0.2) is 49.2 Å². The largest absolute Gasteiger partial charge is 0.383 e. The molecule has 0 spiro atoms. The van der Waals surface area contributed by atoms with E-state index in [9.17, 15) is 9.59 Å². The van der Waals surface area contributed by atoms with Gasteiger partial charge in [0.15, 0.2) is 0 Å². The quantitative estimate of drug-likeness (QED) is 0.415. The van der Waals surface area contributed by atoms with Crippen molar-refractivity contribution in [3.05, 3.63) is 58.8 Å². The number of benzene rings is 1. The topological polar surface area (TPSA) is 40.6 Å². The molecule has 1 amide bonds. The van der Waals surface area contributed by atoms with Gasteiger partial charge < -0.3 is 9.80 Å². The van der Waals surface area contributed by atoms with E-state index in [0.29, 0.717) is 12.3 Å². The summed E-state index contributed by atoms with van der Waals surface area (Å²) in [6.07, 6.45) is 9.10. The summed E-state index contributed by atoms with van der Waals surface area (Å²) in [4.78, 5) is 27.0. The van der Waals surface area contributed by atoms with E-state index in [0.717, 1.165) is 49.2 Å². The van der Waals surface area contributed by atoms with E-state index in [1.807, 2.05) is 48.3 Å². The Morgan fingerprint density at radius 2 is 2.04 bits per heavy atom. The van der Waals surface area contributed by atoms with Gasteiger partial charge in [-0.15, -0.1) is 0 Å². The van der Waals surface area contributed by atoms with E-state index < -0.39 is 0 Å². The summed E-state index contributed by atoms with van der Waals surface area (Å²) in [5.41, 5.74) is 2.10. The second kappa shape index (κ2) is 10.2. The van der Waals surface area contributed by atoms with Crippen LogP contribution in [0.3, 0.4) is 0 Å². The van der Waals surface area contributed by atoms with Crippen molar-refractivity contribution in [2.45, 2.75) is 25.7 Å². The van der Waals surface area contributed by atoms with Crippen LogP contribution in [0.4, 0.5) is 0 Å². The third-order valence-corrected chi connectivity index (χ3v) is 4.78. The van der Waals surface area contributed by atoms with Crippen LogP contribution in [0.2, 0.25) is 5.02 Å². The lowest BCUT2D eigenvalue weighted by atomic mass is 9.90. The molecule has 26 heavy (non-hydrogen) atoms. The van der Waals surface area contributed by atoms with E-state index in [4.69, 9.17) is 11.6 Å². The minimum absolute atomic E-state index is 0.120. The van der Waals surface area contributed by atoms with Crippen LogP contribution in [0.1, 0.15) is 24.8 Å². The predicted molar refractivity (Wildman–Crippen MR) is 106 cm³/mol. The smallest absolute Gasteiger partial charge is 0.227 e. The van der Waals surface area contributed by atoms with Crippen molar-refractivity contribution < 1.29 is 9.59 Å². The molecule has 0 saturated carbocycles. The number of nitrogens with zero attached hydrogens (tertiary/aromatic N) is 2. The summed E-state index contributed by atoms with van der Waals surface area (Å²) >= 11 is 6.06. The molecule has 0 N–H and O–H groups in total. The number of amides is 1. The van der Waals surface area contributed by atoms with Gasteiger partial charge in [-0.3, -0.25) is 9.59 Å². The minimum atomic E-state index is 0.120. The molecule has 0 atom stereocenters. The molecule has 4 nitrogen and oxygen atoms in total. The maximum absolute atomic E-state index is 12.6. The molecular weight excluding hydrogens is 348 g/mol. The molecule has 1 aromatic rings. The van der Waals surface area contributed by atoms with Crippen molar-refractivity contribution in [2.24, 2.45) is 5.92 Å². The number of hydrogen-bond acceptors (Lipinski definition) is 3. The normalized spacial score (nSPS) is 16.1. The van der Waals surface area contributed by atoms with Crippen molar-refractivity contribution in [2.75, 3.05) is 27.2 Å². The zero-order valence-corrected chi connectivity index (χ0v) is 16.3. The number of carbonyl (C=O) groups excluding carboxylic acids is 2. The highest BCUT2D eigenvalue weighted by molar-refractivity contribution is 6.30. The monoisotopic (exact) mass is 374 g/mol. The second-order valence-corrected chi connectivity index (χ2v) is 7.43. The van der Waals surface area contributed by atoms with Gasteiger partial charge in [-0.05, 0) is 54.5 Å². The fraction of sp³-hybridized carbons (Fsp3) is 0.429. The molecule has 0 aliphatic carbocycles. The van der Waals surface area contributed by atoms with Gasteiger partial charge >= 0.3 is 0 Å². The van der Waals surface area contributed by atoms with Crippen molar-refractivity contribution in [1.29, 1.82) is 0 Å². The van der Waals surface area contributed by atoms with E-state index in [2.05, 4.69) is 6.07 Å². The van der Waals surface area contributed by atoms with Crippen LogP contribution in [0.25, 0.3) is 0 Å². The Kier molecular flexibility index (Phi) is 7.92. The van der Waals surface area contributed by atoms with Crippen LogP contribution in [0, 0.1) is 5.92 Å². The molecule has 5 heteroatoms. The summed E-state index contributed by atoms with van der Waals surface area (Å²) in [5.74, 6) is 0.708. The van der Waals surface area contributed by atoms with Crippen LogP contribution in [0.5, 0.6) is 0 Å². The van der Waals surface area contributed by atoms with Crippen molar-refractivity contribution in [3.8, 4) is 0 Å². The molecular formula is C21H27ClN2O2. The summed E-state index contributed by atoms with van der Waals surface area (Å²) in [6, 6.07) is 8.02. The number of likely N-dealkylation sites (tertiary alicyclic amines) is 1. The maximum atomic E-state index is 12.6. The minimum Gasteiger partial charge on any atom is -0.383 e. The lowest BCUT2D eigenvalue weighted by Gasteiger charge is -2.32. The first-order valence-corrected chi connectivity index (χ1v) is 9.37. The van der Waals surface area contributed by atoms with Gasteiger partial charge in [-0.2, -0.15) is 0 Å². The number of halogens is 1. The number of carbonyl (C=O) groups is 2. The highest BCUT2D eigenvalue weighted by Crippen LogP contribution is 2.24. The predicted octanol–water partition coefficient (Wildman–Crippen LogP) is 3.71. The Morgan fingerprint density at radius 1 is 1.31 bits per heavy atom. The fourth-order valence-corrected chi connectivity index (χ4v) is 3.53. The molecule has 0 radical (unpaired) electrons. The molecule has 1 fully saturated rings. The molecule has 2 rings (SSSR count). The van der Waals surface area contributed by atoms with Crippen LogP contribution < -0.4 is 0 Å². The number of rotatable bonds is 7. The van der Waals surface area contributed by atoms with Crippen molar-refractivity contribution in [1.82, 2.24) is 9.80 Å². The third-order valence-electron chi connectivity index (χ3n) is 4.55. The maximum Gasteiger partial charge on any atom is 0.227 e. The van der Waals surface area contributed by atoms with E-state index in [-0.39, 0.29) is 5.91 Å². The molecule has 1 aromatic carbocycles. The van der Waals surface area contributed by atoms with Crippen LogP contribution in [0.15, 0.2) is 48.2 Å². The number of hydrogen-bond donors (Lipinski definition) is 0. The van der Waals surface area contributed by atoms with Gasteiger partial charge in [-0.1, -0.05) is 29.8 Å².